The molecule has 1 aromatic rings. The van der Waals surface area contributed by atoms with Gasteiger partial charge in [0, 0.05) is 24.1 Å². The van der Waals surface area contributed by atoms with Gasteiger partial charge in [0.25, 0.3) is 5.91 Å². The Morgan fingerprint density at radius 1 is 1.57 bits per heavy atom. The first-order chi connectivity index (χ1) is 10.1. The van der Waals surface area contributed by atoms with E-state index in [9.17, 15) is 14.7 Å². The van der Waals surface area contributed by atoms with Gasteiger partial charge >= 0.3 is 5.97 Å². The summed E-state index contributed by atoms with van der Waals surface area (Å²) < 4.78 is 0. The minimum atomic E-state index is -0.956. The van der Waals surface area contributed by atoms with Gasteiger partial charge in [0.15, 0.2) is 0 Å². The molecular formula is C14H19N3O3S. The molecule has 0 radical (unpaired) electrons. The molecule has 1 aliphatic heterocycles. The van der Waals surface area contributed by atoms with Crippen LogP contribution in [0.3, 0.4) is 0 Å². The second-order valence-corrected chi connectivity index (χ2v) is 6.09. The maximum absolute atomic E-state index is 12.7. The molecule has 0 aromatic carbocycles. The molecule has 21 heavy (non-hydrogen) atoms. The van der Waals surface area contributed by atoms with Gasteiger partial charge < -0.3 is 15.7 Å². The number of aromatic nitrogens is 1. The lowest BCUT2D eigenvalue weighted by Gasteiger charge is -2.27. The van der Waals surface area contributed by atoms with Crippen LogP contribution in [0.5, 0.6) is 0 Å². The summed E-state index contributed by atoms with van der Waals surface area (Å²) in [6, 6.07) is 2.47. The molecule has 0 aliphatic carbocycles. The third-order valence-corrected chi connectivity index (χ3v) is 4.78. The molecule has 2 unspecified atom stereocenters. The van der Waals surface area contributed by atoms with Gasteiger partial charge in [-0.15, -0.1) is 11.8 Å². The largest absolute Gasteiger partial charge is 0.480 e. The van der Waals surface area contributed by atoms with E-state index in [-0.39, 0.29) is 17.8 Å². The van der Waals surface area contributed by atoms with E-state index in [4.69, 9.17) is 5.73 Å². The van der Waals surface area contributed by atoms with Gasteiger partial charge in [-0.25, -0.2) is 4.79 Å². The molecule has 1 aromatic heterocycles. The smallest absolute Gasteiger partial charge is 0.327 e. The minimum absolute atomic E-state index is 0.0851. The number of carbonyl (C=O) groups excluding carboxylic acids is 1. The Bertz CT molecular complexity index is 538. The van der Waals surface area contributed by atoms with Crippen molar-refractivity contribution in [2.75, 3.05) is 5.75 Å². The van der Waals surface area contributed by atoms with Gasteiger partial charge in [-0.05, 0) is 18.6 Å². The molecule has 114 valence electrons. The van der Waals surface area contributed by atoms with E-state index in [1.807, 2.05) is 6.92 Å². The number of pyridine rings is 1. The Labute approximate surface area is 127 Å². The quantitative estimate of drug-likeness (QED) is 0.851. The summed E-state index contributed by atoms with van der Waals surface area (Å²) in [5.74, 6) is -0.786. The van der Waals surface area contributed by atoms with Gasteiger partial charge in [-0.1, -0.05) is 13.3 Å². The molecule has 6 nitrogen and oxygen atoms in total. The summed E-state index contributed by atoms with van der Waals surface area (Å²) in [5, 5.41) is 9.24. The zero-order chi connectivity index (χ0) is 15.4. The average Bonchev–Trinajstić information content (AvgIpc) is 2.91. The van der Waals surface area contributed by atoms with E-state index >= 15 is 0 Å². The highest BCUT2D eigenvalue weighted by Gasteiger charge is 2.41. The zero-order valence-corrected chi connectivity index (χ0v) is 12.7. The van der Waals surface area contributed by atoms with Gasteiger partial charge in [0.05, 0.1) is 11.1 Å². The zero-order valence-electron chi connectivity index (χ0n) is 11.9. The van der Waals surface area contributed by atoms with E-state index in [1.165, 1.54) is 22.9 Å². The van der Waals surface area contributed by atoms with Crippen molar-refractivity contribution < 1.29 is 14.7 Å². The van der Waals surface area contributed by atoms with E-state index in [0.717, 1.165) is 12.8 Å². The molecule has 7 heteroatoms. The number of thioether (sulfide) groups is 1. The predicted octanol–water partition coefficient (Wildman–Crippen LogP) is 1.31. The van der Waals surface area contributed by atoms with Crippen LogP contribution in [0.2, 0.25) is 0 Å². The number of hydrogen-bond donors (Lipinski definition) is 2. The van der Waals surface area contributed by atoms with Crippen molar-refractivity contribution in [2.24, 2.45) is 5.73 Å². The Hall–Kier alpha value is -1.60. The van der Waals surface area contributed by atoms with Crippen molar-refractivity contribution in [3.63, 3.8) is 0 Å². The first-order valence-corrected chi connectivity index (χ1v) is 7.95. The third kappa shape index (κ3) is 3.36. The number of rotatable bonds is 5. The molecule has 2 atom stereocenters. The third-order valence-electron chi connectivity index (χ3n) is 3.42. The van der Waals surface area contributed by atoms with E-state index in [1.54, 1.807) is 12.1 Å². The minimum Gasteiger partial charge on any atom is -0.480 e. The normalized spacial score (nSPS) is 21.5. The van der Waals surface area contributed by atoms with Crippen molar-refractivity contribution in [1.29, 1.82) is 0 Å². The Morgan fingerprint density at radius 2 is 2.33 bits per heavy atom. The SMILES string of the molecule is CCCC1SCC(C(=O)O)N1C(=O)c1ccnc(CN)c1. The predicted molar refractivity (Wildman–Crippen MR) is 80.9 cm³/mol. The van der Waals surface area contributed by atoms with E-state index in [2.05, 4.69) is 4.98 Å². The van der Waals surface area contributed by atoms with Crippen molar-refractivity contribution in [1.82, 2.24) is 9.88 Å². The van der Waals surface area contributed by atoms with Crippen molar-refractivity contribution in [2.45, 2.75) is 37.7 Å². The monoisotopic (exact) mass is 309 g/mol. The summed E-state index contributed by atoms with van der Waals surface area (Å²) in [5.41, 5.74) is 6.60. The van der Waals surface area contributed by atoms with Crippen LogP contribution in [0.25, 0.3) is 0 Å². The fourth-order valence-electron chi connectivity index (χ4n) is 2.37. The average molecular weight is 309 g/mol. The van der Waals surface area contributed by atoms with Crippen LogP contribution in [0.4, 0.5) is 0 Å². The molecule has 1 saturated heterocycles. The number of hydrogen-bond acceptors (Lipinski definition) is 5. The number of carbonyl (C=O) groups is 2. The first kappa shape index (κ1) is 15.8. The fraction of sp³-hybridized carbons (Fsp3) is 0.500. The van der Waals surface area contributed by atoms with Crippen molar-refractivity contribution >= 4 is 23.6 Å². The molecular weight excluding hydrogens is 290 g/mol. The second-order valence-electron chi connectivity index (χ2n) is 4.88. The highest BCUT2D eigenvalue weighted by Crippen LogP contribution is 2.33. The topological polar surface area (TPSA) is 96.5 Å². The number of nitrogens with zero attached hydrogens (tertiary/aromatic N) is 2. The Morgan fingerprint density at radius 3 is 2.95 bits per heavy atom. The van der Waals surface area contributed by atoms with Gasteiger partial charge in [-0.3, -0.25) is 9.78 Å². The molecule has 1 amide bonds. The number of nitrogens with two attached hydrogens (primary N) is 1. The summed E-state index contributed by atoms with van der Waals surface area (Å²) in [4.78, 5) is 29.6. The first-order valence-electron chi connectivity index (χ1n) is 6.90. The van der Waals surface area contributed by atoms with Crippen molar-refractivity contribution in [3.05, 3.63) is 29.6 Å². The van der Waals surface area contributed by atoms with Crippen LogP contribution in [-0.4, -0.2) is 44.0 Å². The highest BCUT2D eigenvalue weighted by molar-refractivity contribution is 8.00. The fourth-order valence-corrected chi connectivity index (χ4v) is 3.88. The molecule has 0 bridgehead atoms. The molecule has 2 rings (SSSR count). The molecule has 0 spiro atoms. The lowest BCUT2D eigenvalue weighted by molar-refractivity contribution is -0.141. The summed E-state index contributed by atoms with van der Waals surface area (Å²) in [7, 11) is 0. The lowest BCUT2D eigenvalue weighted by Crippen LogP contribution is -2.45. The number of amides is 1. The van der Waals surface area contributed by atoms with Gasteiger partial charge in [-0.2, -0.15) is 0 Å². The molecule has 3 N–H and O–H groups in total. The van der Waals surface area contributed by atoms with Crippen LogP contribution in [0.15, 0.2) is 18.3 Å². The summed E-state index contributed by atoms with van der Waals surface area (Å²) in [6.07, 6.45) is 3.22. The summed E-state index contributed by atoms with van der Waals surface area (Å²) in [6.45, 7) is 2.27. The maximum Gasteiger partial charge on any atom is 0.327 e. The Kier molecular flexibility index (Phi) is 5.19. The van der Waals surface area contributed by atoms with Crippen LogP contribution in [-0.2, 0) is 11.3 Å². The van der Waals surface area contributed by atoms with Crippen LogP contribution in [0, 0.1) is 0 Å². The number of carboxylic acid groups (broad SMARTS) is 1. The van der Waals surface area contributed by atoms with Crippen LogP contribution >= 0.6 is 11.8 Å². The maximum atomic E-state index is 12.7. The molecule has 2 heterocycles. The van der Waals surface area contributed by atoms with E-state index < -0.39 is 12.0 Å². The number of aliphatic carboxylic acids is 1. The standard InChI is InChI=1S/C14H19N3O3S/c1-2-3-12-17(11(8-21-12)14(19)20)13(18)9-4-5-16-10(6-9)7-15/h4-6,11-12H,2-3,7-8,15H2,1H3,(H,19,20). The van der Waals surface area contributed by atoms with Gasteiger partial charge in [0.1, 0.15) is 6.04 Å². The van der Waals surface area contributed by atoms with E-state index in [0.29, 0.717) is 17.0 Å². The molecule has 1 aliphatic rings. The van der Waals surface area contributed by atoms with Crippen LogP contribution < -0.4 is 5.73 Å². The number of carboxylic acids is 1. The lowest BCUT2D eigenvalue weighted by atomic mass is 10.1. The second kappa shape index (κ2) is 6.91. The molecule has 1 fully saturated rings. The van der Waals surface area contributed by atoms with Crippen molar-refractivity contribution in [3.8, 4) is 0 Å². The molecule has 0 saturated carbocycles. The van der Waals surface area contributed by atoms with Crippen LogP contribution in [0.1, 0.15) is 35.8 Å². The summed E-state index contributed by atoms with van der Waals surface area (Å²) >= 11 is 1.53. The Balaban J connectivity index is 2.29. The van der Waals surface area contributed by atoms with Gasteiger partial charge in [0.2, 0.25) is 0 Å². The highest BCUT2D eigenvalue weighted by atomic mass is 32.2.